The first-order valence-corrected chi connectivity index (χ1v) is 11.3. The number of para-hydroxylation sites is 1. The largest absolute Gasteiger partial charge is 0.488 e. The van der Waals surface area contributed by atoms with Crippen molar-refractivity contribution < 1.29 is 13.6 Å². The van der Waals surface area contributed by atoms with Gasteiger partial charge in [0.2, 0.25) is 0 Å². The average Bonchev–Trinajstić information content (AvgIpc) is 3.59. The summed E-state index contributed by atoms with van der Waals surface area (Å²) >= 11 is 7.80. The molecule has 2 aromatic heterocycles. The van der Waals surface area contributed by atoms with Crippen molar-refractivity contribution in [3.8, 4) is 5.75 Å². The number of thioether (sulfide) groups is 1. The molecule has 0 bridgehead atoms. The second kappa shape index (κ2) is 9.51. The minimum atomic E-state index is -0.194. The summed E-state index contributed by atoms with van der Waals surface area (Å²) in [7, 11) is 0. The highest BCUT2D eigenvalue weighted by molar-refractivity contribution is 8.14. The van der Waals surface area contributed by atoms with Gasteiger partial charge >= 0.3 is 0 Å². The van der Waals surface area contributed by atoms with Gasteiger partial charge in [0.05, 0.1) is 12.5 Å². The van der Waals surface area contributed by atoms with Crippen LogP contribution in [0.25, 0.3) is 0 Å². The molecule has 4 aromatic rings. The van der Waals surface area contributed by atoms with E-state index < -0.39 is 0 Å². The molecule has 0 amide bonds. The minimum absolute atomic E-state index is 0.0324. The zero-order chi connectivity index (χ0) is 21.8. The fourth-order valence-electron chi connectivity index (χ4n) is 3.41. The lowest BCUT2D eigenvalue weighted by molar-refractivity contribution is 0.306. The zero-order valence-electron chi connectivity index (χ0n) is 16.9. The van der Waals surface area contributed by atoms with Gasteiger partial charge in [-0.1, -0.05) is 53.7 Å². The molecule has 0 saturated heterocycles. The molecule has 160 valence electrons. The van der Waals surface area contributed by atoms with Gasteiger partial charge in [-0.05, 0) is 42.5 Å². The highest BCUT2D eigenvalue weighted by atomic mass is 35.5. The lowest BCUT2D eigenvalue weighted by Crippen LogP contribution is -2.00. The number of benzene rings is 2. The van der Waals surface area contributed by atoms with Crippen LogP contribution in [0.4, 0.5) is 0 Å². The molecule has 0 aliphatic carbocycles. The molecule has 0 fully saturated rings. The van der Waals surface area contributed by atoms with E-state index in [9.17, 15) is 0 Å². The maximum Gasteiger partial charge on any atom is 0.184 e. The molecule has 32 heavy (non-hydrogen) atoms. The molecule has 0 N–H and O–H groups in total. The Morgan fingerprint density at radius 3 is 2.47 bits per heavy atom. The first kappa shape index (κ1) is 20.7. The van der Waals surface area contributed by atoms with Gasteiger partial charge in [-0.3, -0.25) is 0 Å². The van der Waals surface area contributed by atoms with Crippen LogP contribution in [0.1, 0.15) is 33.9 Å². The van der Waals surface area contributed by atoms with Gasteiger partial charge in [0.1, 0.15) is 35.2 Å². The Morgan fingerprint density at radius 1 is 0.938 bits per heavy atom. The minimum Gasteiger partial charge on any atom is -0.488 e. The SMILES string of the molecule is Clc1ccccc1COc1ccccc1C=NC1=N[C@H](c2ccco2)[C@H](c2ccco2)S1. The maximum absolute atomic E-state index is 6.25. The Morgan fingerprint density at radius 2 is 1.69 bits per heavy atom. The van der Waals surface area contributed by atoms with E-state index in [-0.39, 0.29) is 11.3 Å². The second-order valence-corrected chi connectivity index (χ2v) is 8.62. The number of aliphatic imine (C=N–C) groups is 2. The monoisotopic (exact) mass is 462 g/mol. The predicted octanol–water partition coefficient (Wildman–Crippen LogP) is 7.11. The van der Waals surface area contributed by atoms with Gasteiger partial charge in [-0.15, -0.1) is 0 Å². The molecule has 7 heteroatoms. The number of halogens is 1. The van der Waals surface area contributed by atoms with Crippen LogP contribution in [-0.2, 0) is 6.61 Å². The number of hydrogen-bond acceptors (Lipinski definition) is 6. The fourth-order valence-corrected chi connectivity index (χ4v) is 4.69. The Bertz CT molecular complexity index is 1240. The van der Waals surface area contributed by atoms with Crippen LogP contribution in [0, 0.1) is 0 Å². The van der Waals surface area contributed by atoms with E-state index in [0.29, 0.717) is 16.8 Å². The van der Waals surface area contributed by atoms with Crippen molar-refractivity contribution in [1.29, 1.82) is 0 Å². The number of rotatable bonds is 6. The lowest BCUT2D eigenvalue weighted by Gasteiger charge is -2.11. The zero-order valence-corrected chi connectivity index (χ0v) is 18.5. The number of hydrogen-bond donors (Lipinski definition) is 0. The summed E-state index contributed by atoms with van der Waals surface area (Å²) < 4.78 is 17.3. The van der Waals surface area contributed by atoms with Crippen molar-refractivity contribution in [3.05, 3.63) is 113 Å². The molecule has 0 spiro atoms. The van der Waals surface area contributed by atoms with E-state index in [4.69, 9.17) is 30.2 Å². The van der Waals surface area contributed by atoms with Crippen LogP contribution in [0.2, 0.25) is 5.02 Å². The number of nitrogens with zero attached hydrogens (tertiary/aromatic N) is 2. The standard InChI is InChI=1S/C25H19ClN2O3S/c26-19-9-3-1-8-18(19)16-31-20-10-4-2-7-17(20)15-27-25-28-23(21-11-5-13-29-21)24(32-25)22-12-6-14-30-22/h1-15,23-24H,16H2/t23-,24+/m1/s1. The van der Waals surface area contributed by atoms with E-state index in [2.05, 4.69) is 4.99 Å². The molecule has 2 atom stereocenters. The third kappa shape index (κ3) is 4.52. The normalized spacial score (nSPS) is 18.2. The number of amidine groups is 1. The summed E-state index contributed by atoms with van der Waals surface area (Å²) in [6.07, 6.45) is 5.10. The smallest absolute Gasteiger partial charge is 0.184 e. The molecule has 5 nitrogen and oxygen atoms in total. The molecule has 5 rings (SSSR count). The van der Waals surface area contributed by atoms with Gasteiger partial charge in [0, 0.05) is 22.4 Å². The summed E-state index contributed by atoms with van der Waals surface area (Å²) in [4.78, 5) is 9.43. The van der Waals surface area contributed by atoms with Crippen LogP contribution in [0.3, 0.4) is 0 Å². The first-order valence-electron chi connectivity index (χ1n) is 10.1. The molecule has 0 unspecified atom stereocenters. The summed E-state index contributed by atoms with van der Waals surface area (Å²) in [5, 5.41) is 1.31. The second-order valence-electron chi connectivity index (χ2n) is 7.10. The van der Waals surface area contributed by atoms with Crippen molar-refractivity contribution in [2.45, 2.75) is 17.9 Å². The van der Waals surface area contributed by atoms with Gasteiger partial charge in [-0.25, -0.2) is 9.98 Å². The average molecular weight is 463 g/mol. The highest BCUT2D eigenvalue weighted by Gasteiger charge is 2.36. The number of furan rings is 2. The van der Waals surface area contributed by atoms with E-state index in [1.165, 1.54) is 0 Å². The van der Waals surface area contributed by atoms with Crippen molar-refractivity contribution in [2.24, 2.45) is 9.98 Å². The van der Waals surface area contributed by atoms with Crippen molar-refractivity contribution in [3.63, 3.8) is 0 Å². The van der Waals surface area contributed by atoms with Crippen LogP contribution < -0.4 is 4.74 Å². The predicted molar refractivity (Wildman–Crippen MR) is 128 cm³/mol. The molecular weight excluding hydrogens is 444 g/mol. The molecule has 0 saturated carbocycles. The molecule has 1 aliphatic rings. The summed E-state index contributed by atoms with van der Waals surface area (Å²) in [5.74, 6) is 2.35. The third-order valence-electron chi connectivity index (χ3n) is 5.00. The van der Waals surface area contributed by atoms with E-state index >= 15 is 0 Å². The van der Waals surface area contributed by atoms with Gasteiger partial charge < -0.3 is 13.6 Å². The van der Waals surface area contributed by atoms with Crippen LogP contribution in [-0.4, -0.2) is 11.4 Å². The van der Waals surface area contributed by atoms with Crippen molar-refractivity contribution in [2.75, 3.05) is 0 Å². The molecule has 1 aliphatic heterocycles. The highest BCUT2D eigenvalue weighted by Crippen LogP contribution is 2.49. The van der Waals surface area contributed by atoms with Crippen LogP contribution in [0.15, 0.2) is 104 Å². The Hall–Kier alpha value is -3.22. The molecular formula is C25H19ClN2O3S. The topological polar surface area (TPSA) is 60.2 Å². The van der Waals surface area contributed by atoms with E-state index in [0.717, 1.165) is 28.4 Å². The van der Waals surface area contributed by atoms with Gasteiger partial charge in [0.25, 0.3) is 0 Å². The van der Waals surface area contributed by atoms with Crippen LogP contribution in [0.5, 0.6) is 5.75 Å². The molecule has 0 radical (unpaired) electrons. The Labute approximate surface area is 194 Å². The Balaban J connectivity index is 1.35. The number of ether oxygens (including phenoxy) is 1. The molecule has 3 heterocycles. The van der Waals surface area contributed by atoms with Gasteiger partial charge in [-0.2, -0.15) is 0 Å². The third-order valence-corrected chi connectivity index (χ3v) is 6.54. The lowest BCUT2D eigenvalue weighted by atomic mass is 10.1. The van der Waals surface area contributed by atoms with Crippen molar-refractivity contribution in [1.82, 2.24) is 0 Å². The summed E-state index contributed by atoms with van der Waals surface area (Å²) in [6.45, 7) is 0.376. The Kier molecular flexibility index (Phi) is 6.14. The molecule has 2 aromatic carbocycles. The van der Waals surface area contributed by atoms with E-state index in [1.807, 2.05) is 72.8 Å². The quantitative estimate of drug-likeness (QED) is 0.286. The fraction of sp³-hybridized carbons (Fsp3) is 0.120. The summed E-state index contributed by atoms with van der Waals surface area (Å²) in [6, 6.07) is 22.8. The van der Waals surface area contributed by atoms with Gasteiger partial charge in [0.15, 0.2) is 5.17 Å². The van der Waals surface area contributed by atoms with E-state index in [1.54, 1.807) is 30.5 Å². The van der Waals surface area contributed by atoms with Crippen LogP contribution >= 0.6 is 23.4 Å². The summed E-state index contributed by atoms with van der Waals surface area (Å²) in [5.41, 5.74) is 1.79. The maximum atomic E-state index is 6.25. The first-order chi connectivity index (χ1) is 15.8. The van der Waals surface area contributed by atoms with Crippen molar-refractivity contribution >= 4 is 34.7 Å².